The largest absolute Gasteiger partial charge is 0.504 e. The average molecular weight is 474 g/mol. The van der Waals surface area contributed by atoms with Crippen LogP contribution in [0.5, 0.6) is 17.2 Å². The van der Waals surface area contributed by atoms with Crippen molar-refractivity contribution in [3.8, 4) is 17.2 Å². The number of nitrogens with one attached hydrogen (secondary N) is 2. The van der Waals surface area contributed by atoms with Gasteiger partial charge in [0.15, 0.2) is 11.5 Å². The van der Waals surface area contributed by atoms with Gasteiger partial charge in [-0.05, 0) is 92.9 Å². The zero-order valence-electron chi connectivity index (χ0n) is 21.0. The Balaban J connectivity index is 1.30. The lowest BCUT2D eigenvalue weighted by Gasteiger charge is -2.48. The molecule has 4 aliphatic rings. The smallest absolute Gasteiger partial charge is 0.164 e. The Morgan fingerprint density at radius 2 is 1.89 bits per heavy atom. The van der Waals surface area contributed by atoms with E-state index in [1.807, 2.05) is 12.1 Å². The van der Waals surface area contributed by atoms with E-state index in [1.54, 1.807) is 14.2 Å². The molecule has 3 aromatic rings. The van der Waals surface area contributed by atoms with E-state index in [-0.39, 0.29) is 11.0 Å². The van der Waals surface area contributed by atoms with Crippen LogP contribution in [-0.2, 0) is 23.8 Å². The average Bonchev–Trinajstić information content (AvgIpc) is 3.42. The molecule has 3 heterocycles. The first kappa shape index (κ1) is 21.6. The molecule has 2 aromatic carbocycles. The summed E-state index contributed by atoms with van der Waals surface area (Å²) in [6.45, 7) is 2.05. The Morgan fingerprint density at radius 3 is 2.66 bits per heavy atom. The molecule has 1 fully saturated rings. The maximum absolute atomic E-state index is 10.9. The predicted octanol–water partition coefficient (Wildman–Crippen LogP) is 4.68. The van der Waals surface area contributed by atoms with Crippen molar-refractivity contribution in [1.82, 2.24) is 15.2 Å². The van der Waals surface area contributed by atoms with Crippen LogP contribution >= 0.6 is 0 Å². The third-order valence-electron chi connectivity index (χ3n) is 9.79. The van der Waals surface area contributed by atoms with Crippen LogP contribution in [0.25, 0.3) is 10.9 Å². The SMILES string of the molecule is COc1ccc2[nH]c3c(c2c1)CCNC31CCC2(CC1)C[C@H]1c3c(cc(O)c(OC)c32)CCN1C. The van der Waals surface area contributed by atoms with Crippen LogP contribution in [0.1, 0.15) is 66.1 Å². The number of hydrogen-bond acceptors (Lipinski definition) is 5. The number of rotatable bonds is 2. The van der Waals surface area contributed by atoms with Crippen LogP contribution < -0.4 is 14.8 Å². The second kappa shape index (κ2) is 7.40. The van der Waals surface area contributed by atoms with E-state index in [1.165, 1.54) is 38.9 Å². The molecule has 6 nitrogen and oxygen atoms in total. The summed E-state index contributed by atoms with van der Waals surface area (Å²) in [7, 11) is 5.71. The second-order valence-electron chi connectivity index (χ2n) is 11.3. The van der Waals surface area contributed by atoms with Crippen molar-refractivity contribution in [2.45, 2.75) is 61.9 Å². The molecular weight excluding hydrogens is 438 g/mol. The summed E-state index contributed by atoms with van der Waals surface area (Å²) >= 11 is 0. The molecule has 35 heavy (non-hydrogen) atoms. The van der Waals surface area contributed by atoms with Gasteiger partial charge in [0, 0.05) is 46.7 Å². The molecule has 6 heteroatoms. The van der Waals surface area contributed by atoms with E-state index in [9.17, 15) is 5.11 Å². The molecular formula is C29H35N3O3. The van der Waals surface area contributed by atoms with Gasteiger partial charge in [-0.15, -0.1) is 0 Å². The highest BCUT2D eigenvalue weighted by molar-refractivity contribution is 5.87. The Bertz CT molecular complexity index is 1330. The lowest BCUT2D eigenvalue weighted by Crippen LogP contribution is -2.52. The number of phenols is 1. The van der Waals surface area contributed by atoms with Gasteiger partial charge in [-0.1, -0.05) is 0 Å². The standard InChI is InChI=1S/C29H35N3O3/c1-32-13-7-17-14-23(33)26(35-3)25-24(17)22(32)16-28(25)8-10-29(11-9-28)27-19(6-12-30-29)20-15-18(34-2)4-5-21(20)31-27/h4-5,14-15,22,30-31,33H,6-13,16H2,1-3H3/t22-,28?,29?/m0/s1. The van der Waals surface area contributed by atoms with Gasteiger partial charge in [0.2, 0.25) is 0 Å². The van der Waals surface area contributed by atoms with E-state index in [2.05, 4.69) is 34.4 Å². The van der Waals surface area contributed by atoms with Gasteiger partial charge in [0.05, 0.1) is 19.8 Å². The normalized spacial score (nSPS) is 29.5. The molecule has 2 aliphatic heterocycles. The minimum Gasteiger partial charge on any atom is -0.504 e. The van der Waals surface area contributed by atoms with Crippen LogP contribution in [0.3, 0.4) is 0 Å². The number of aromatic hydroxyl groups is 1. The van der Waals surface area contributed by atoms with E-state index in [0.717, 1.165) is 63.8 Å². The number of aromatic nitrogens is 1. The number of likely N-dealkylation sites (N-methyl/N-ethyl adjacent to an activating group) is 1. The summed E-state index contributed by atoms with van der Waals surface area (Å²) in [5.41, 5.74) is 8.13. The molecule has 0 saturated heterocycles. The van der Waals surface area contributed by atoms with Crippen LogP contribution in [-0.4, -0.2) is 49.3 Å². The monoisotopic (exact) mass is 473 g/mol. The van der Waals surface area contributed by atoms with Crippen molar-refractivity contribution in [2.24, 2.45) is 0 Å². The molecule has 184 valence electrons. The molecule has 7 rings (SSSR count). The number of nitrogens with zero attached hydrogens (tertiary/aromatic N) is 1. The lowest BCUT2D eigenvalue weighted by atomic mass is 9.62. The summed E-state index contributed by atoms with van der Waals surface area (Å²) in [6, 6.07) is 8.78. The fourth-order valence-corrected chi connectivity index (χ4v) is 8.02. The van der Waals surface area contributed by atoms with Gasteiger partial charge < -0.3 is 24.9 Å². The highest BCUT2D eigenvalue weighted by Gasteiger charge is 2.54. The quantitative estimate of drug-likeness (QED) is 0.504. The van der Waals surface area contributed by atoms with Crippen LogP contribution in [0, 0.1) is 0 Å². The summed E-state index contributed by atoms with van der Waals surface area (Å²) in [4.78, 5) is 6.33. The molecule has 3 N–H and O–H groups in total. The molecule has 0 amide bonds. The van der Waals surface area contributed by atoms with Gasteiger partial charge in [-0.25, -0.2) is 0 Å². The zero-order valence-corrected chi connectivity index (χ0v) is 21.0. The van der Waals surface area contributed by atoms with Gasteiger partial charge in [-0.3, -0.25) is 4.90 Å². The lowest BCUT2D eigenvalue weighted by molar-refractivity contribution is 0.126. The Hall–Kier alpha value is -2.70. The summed E-state index contributed by atoms with van der Waals surface area (Å²) in [5.74, 6) is 1.95. The topological polar surface area (TPSA) is 69.8 Å². The van der Waals surface area contributed by atoms with Crippen molar-refractivity contribution < 1.29 is 14.6 Å². The van der Waals surface area contributed by atoms with Gasteiger partial charge in [-0.2, -0.15) is 0 Å². The Labute approximate surface area is 206 Å². The number of hydrogen-bond donors (Lipinski definition) is 3. The highest BCUT2D eigenvalue weighted by atomic mass is 16.5. The second-order valence-corrected chi connectivity index (χ2v) is 11.3. The number of fused-ring (bicyclic) bond motifs is 5. The van der Waals surface area contributed by atoms with Crippen molar-refractivity contribution >= 4 is 10.9 Å². The molecule has 0 unspecified atom stereocenters. The Morgan fingerprint density at radius 1 is 1.06 bits per heavy atom. The molecule has 2 aliphatic carbocycles. The van der Waals surface area contributed by atoms with Crippen LogP contribution in [0.4, 0.5) is 0 Å². The maximum atomic E-state index is 10.9. The van der Waals surface area contributed by atoms with Crippen molar-refractivity contribution in [3.63, 3.8) is 0 Å². The molecule has 1 atom stereocenters. The van der Waals surface area contributed by atoms with E-state index >= 15 is 0 Å². The number of phenolic OH excluding ortho intramolecular Hbond substituents is 1. The summed E-state index contributed by atoms with van der Waals surface area (Å²) in [5, 5.41) is 16.2. The summed E-state index contributed by atoms with van der Waals surface area (Å²) < 4.78 is 11.4. The number of methoxy groups -OCH3 is 2. The zero-order chi connectivity index (χ0) is 23.9. The van der Waals surface area contributed by atoms with E-state index in [0.29, 0.717) is 17.5 Å². The molecule has 1 saturated carbocycles. The van der Waals surface area contributed by atoms with Gasteiger partial charge in [0.1, 0.15) is 5.75 Å². The minimum absolute atomic E-state index is 0.0255. The third kappa shape index (κ3) is 2.84. The van der Waals surface area contributed by atoms with Crippen molar-refractivity contribution in [3.05, 3.63) is 52.2 Å². The van der Waals surface area contributed by atoms with Crippen LogP contribution in [0.15, 0.2) is 24.3 Å². The van der Waals surface area contributed by atoms with Gasteiger partial charge >= 0.3 is 0 Å². The number of benzene rings is 2. The fourth-order valence-electron chi connectivity index (χ4n) is 8.02. The van der Waals surface area contributed by atoms with E-state index < -0.39 is 0 Å². The third-order valence-corrected chi connectivity index (χ3v) is 9.79. The minimum atomic E-state index is -0.0255. The van der Waals surface area contributed by atoms with E-state index in [4.69, 9.17) is 9.47 Å². The maximum Gasteiger partial charge on any atom is 0.164 e. The predicted molar refractivity (Wildman–Crippen MR) is 137 cm³/mol. The first-order chi connectivity index (χ1) is 17.0. The summed E-state index contributed by atoms with van der Waals surface area (Å²) in [6.07, 6.45) is 7.50. The van der Waals surface area contributed by atoms with Crippen LogP contribution in [0.2, 0.25) is 0 Å². The number of H-pyrrole nitrogens is 1. The fraction of sp³-hybridized carbons (Fsp3) is 0.517. The highest BCUT2D eigenvalue weighted by Crippen LogP contribution is 2.62. The first-order valence-electron chi connectivity index (χ1n) is 13.1. The number of ether oxygens (including phenoxy) is 2. The van der Waals surface area contributed by atoms with Gasteiger partial charge in [0.25, 0.3) is 0 Å². The molecule has 1 aromatic heterocycles. The molecule has 0 radical (unpaired) electrons. The molecule has 0 bridgehead atoms. The Kier molecular flexibility index (Phi) is 4.56. The van der Waals surface area contributed by atoms with Crippen molar-refractivity contribution in [1.29, 1.82) is 0 Å². The first-order valence-corrected chi connectivity index (χ1v) is 13.1. The van der Waals surface area contributed by atoms with Crippen molar-refractivity contribution in [2.75, 3.05) is 34.4 Å². The molecule has 2 spiro atoms. The number of aromatic amines is 1.